The maximum absolute atomic E-state index is 11.7. The van der Waals surface area contributed by atoms with E-state index in [9.17, 15) is 4.79 Å². The van der Waals surface area contributed by atoms with E-state index in [2.05, 4.69) is 10.9 Å². The molecule has 0 atom stereocenters. The van der Waals surface area contributed by atoms with Crippen molar-refractivity contribution in [2.45, 2.75) is 13.3 Å². The van der Waals surface area contributed by atoms with E-state index < -0.39 is 0 Å². The maximum atomic E-state index is 11.7. The fraction of sp³-hybridized carbons (Fsp3) is 0.267. The van der Waals surface area contributed by atoms with E-state index in [0.29, 0.717) is 11.5 Å². The standard InChI is InChI=1S/C15H18N2O3/c1-11-7-8-12(9-11)16-17-15(18)10-20-14-6-4-3-5-13(14)19-2/h3-6,8-9,16H,7,10H2,1-2H3,(H,17,18). The van der Waals surface area contributed by atoms with Gasteiger partial charge in [0.25, 0.3) is 5.91 Å². The number of ether oxygens (including phenoxy) is 2. The zero-order valence-corrected chi connectivity index (χ0v) is 11.6. The van der Waals surface area contributed by atoms with Crippen LogP contribution in [0.3, 0.4) is 0 Å². The van der Waals surface area contributed by atoms with Crippen LogP contribution in [0.1, 0.15) is 13.3 Å². The minimum absolute atomic E-state index is 0.0800. The van der Waals surface area contributed by atoms with Crippen LogP contribution in [0, 0.1) is 0 Å². The van der Waals surface area contributed by atoms with Gasteiger partial charge in [-0.3, -0.25) is 15.6 Å². The second-order valence-electron chi connectivity index (χ2n) is 4.47. The highest BCUT2D eigenvalue weighted by molar-refractivity contribution is 5.77. The van der Waals surface area contributed by atoms with Crippen molar-refractivity contribution in [1.29, 1.82) is 0 Å². The van der Waals surface area contributed by atoms with E-state index in [1.807, 2.05) is 31.2 Å². The van der Waals surface area contributed by atoms with Crippen molar-refractivity contribution >= 4 is 5.91 Å². The van der Waals surface area contributed by atoms with Crippen molar-refractivity contribution in [1.82, 2.24) is 10.9 Å². The van der Waals surface area contributed by atoms with E-state index in [1.54, 1.807) is 19.2 Å². The molecule has 5 nitrogen and oxygen atoms in total. The Balaban J connectivity index is 1.78. The molecule has 1 aromatic rings. The molecule has 0 bridgehead atoms. The minimum Gasteiger partial charge on any atom is -0.493 e. The molecule has 0 unspecified atom stereocenters. The fourth-order valence-electron chi connectivity index (χ4n) is 1.80. The Bertz CT molecular complexity index is 550. The molecule has 5 heteroatoms. The quantitative estimate of drug-likeness (QED) is 0.778. The molecular weight excluding hydrogens is 256 g/mol. The van der Waals surface area contributed by atoms with Crippen molar-refractivity contribution < 1.29 is 14.3 Å². The number of carbonyl (C=O) groups is 1. The van der Waals surface area contributed by atoms with E-state index in [-0.39, 0.29) is 12.5 Å². The van der Waals surface area contributed by atoms with Crippen molar-refractivity contribution in [3.8, 4) is 11.5 Å². The summed E-state index contributed by atoms with van der Waals surface area (Å²) in [6, 6.07) is 7.20. The molecule has 1 aromatic carbocycles. The van der Waals surface area contributed by atoms with Crippen LogP contribution < -0.4 is 20.3 Å². The average Bonchev–Trinajstić information content (AvgIpc) is 2.89. The van der Waals surface area contributed by atoms with Gasteiger partial charge >= 0.3 is 0 Å². The number of benzene rings is 1. The lowest BCUT2D eigenvalue weighted by molar-refractivity contribution is -0.123. The number of hydrogen-bond donors (Lipinski definition) is 2. The van der Waals surface area contributed by atoms with Gasteiger partial charge < -0.3 is 9.47 Å². The first-order valence-electron chi connectivity index (χ1n) is 6.37. The molecule has 0 radical (unpaired) electrons. The monoisotopic (exact) mass is 274 g/mol. The molecule has 20 heavy (non-hydrogen) atoms. The molecule has 0 fully saturated rings. The zero-order valence-electron chi connectivity index (χ0n) is 11.6. The fourth-order valence-corrected chi connectivity index (χ4v) is 1.80. The minimum atomic E-state index is -0.255. The second kappa shape index (κ2) is 6.65. The van der Waals surface area contributed by atoms with E-state index in [0.717, 1.165) is 12.1 Å². The smallest absolute Gasteiger partial charge is 0.276 e. The maximum Gasteiger partial charge on any atom is 0.276 e. The summed E-state index contributed by atoms with van der Waals surface area (Å²) in [5, 5.41) is 0. The number of nitrogens with one attached hydrogen (secondary N) is 2. The van der Waals surface area contributed by atoms with Gasteiger partial charge in [0.1, 0.15) is 0 Å². The van der Waals surface area contributed by atoms with Crippen LogP contribution in [-0.4, -0.2) is 19.6 Å². The topological polar surface area (TPSA) is 59.6 Å². The Morgan fingerprint density at radius 3 is 2.70 bits per heavy atom. The molecule has 0 spiro atoms. The first-order chi connectivity index (χ1) is 9.69. The highest BCUT2D eigenvalue weighted by atomic mass is 16.5. The molecular formula is C15H18N2O3. The Kier molecular flexibility index (Phi) is 4.65. The lowest BCUT2D eigenvalue weighted by Gasteiger charge is -2.11. The number of carbonyl (C=O) groups excluding carboxylic acids is 1. The Labute approximate surface area is 118 Å². The van der Waals surface area contributed by atoms with Crippen LogP contribution in [-0.2, 0) is 4.79 Å². The highest BCUT2D eigenvalue weighted by Gasteiger charge is 2.07. The van der Waals surface area contributed by atoms with Crippen LogP contribution in [0.2, 0.25) is 0 Å². The molecule has 0 aromatic heterocycles. The highest BCUT2D eigenvalue weighted by Crippen LogP contribution is 2.25. The average molecular weight is 274 g/mol. The van der Waals surface area contributed by atoms with Gasteiger partial charge in [-0.1, -0.05) is 23.8 Å². The van der Waals surface area contributed by atoms with Gasteiger partial charge in [-0.05, 0) is 31.6 Å². The van der Waals surface area contributed by atoms with Crippen molar-refractivity contribution in [3.05, 3.63) is 47.7 Å². The molecule has 0 saturated heterocycles. The van der Waals surface area contributed by atoms with Gasteiger partial charge in [0.05, 0.1) is 12.8 Å². The van der Waals surface area contributed by atoms with Gasteiger partial charge in [-0.2, -0.15) is 0 Å². The summed E-state index contributed by atoms with van der Waals surface area (Å²) < 4.78 is 10.6. The summed E-state index contributed by atoms with van der Waals surface area (Å²) in [7, 11) is 1.56. The summed E-state index contributed by atoms with van der Waals surface area (Å²) in [6.07, 6.45) is 4.91. The number of rotatable bonds is 6. The summed E-state index contributed by atoms with van der Waals surface area (Å²) in [5.74, 6) is 0.890. The van der Waals surface area contributed by atoms with Gasteiger partial charge in [-0.15, -0.1) is 0 Å². The number of hydrazine groups is 1. The van der Waals surface area contributed by atoms with Crippen molar-refractivity contribution in [3.63, 3.8) is 0 Å². The molecule has 0 aliphatic heterocycles. The Hall–Kier alpha value is -2.43. The molecule has 1 aliphatic rings. The van der Waals surface area contributed by atoms with Gasteiger partial charge in [-0.25, -0.2) is 0 Å². The largest absolute Gasteiger partial charge is 0.493 e. The van der Waals surface area contributed by atoms with Crippen LogP contribution in [0.5, 0.6) is 11.5 Å². The van der Waals surface area contributed by atoms with Crippen molar-refractivity contribution in [2.24, 2.45) is 0 Å². The van der Waals surface area contributed by atoms with Crippen LogP contribution in [0.15, 0.2) is 47.7 Å². The molecule has 106 valence electrons. The van der Waals surface area contributed by atoms with E-state index in [1.165, 1.54) is 5.57 Å². The molecule has 1 aliphatic carbocycles. The zero-order chi connectivity index (χ0) is 14.4. The van der Waals surface area contributed by atoms with Crippen LogP contribution in [0.25, 0.3) is 0 Å². The number of para-hydroxylation sites is 2. The third-order valence-electron chi connectivity index (χ3n) is 2.82. The Morgan fingerprint density at radius 1 is 1.30 bits per heavy atom. The number of methoxy groups -OCH3 is 1. The predicted octanol–water partition coefficient (Wildman–Crippen LogP) is 1.93. The lowest BCUT2D eigenvalue weighted by atomic mass is 10.3. The molecule has 2 rings (SSSR count). The van der Waals surface area contributed by atoms with Crippen molar-refractivity contribution in [2.75, 3.05) is 13.7 Å². The molecule has 0 heterocycles. The second-order valence-corrected chi connectivity index (χ2v) is 4.47. The number of allylic oxidation sites excluding steroid dienone is 3. The SMILES string of the molecule is COc1ccccc1OCC(=O)NNC1=CCC(C)=C1. The van der Waals surface area contributed by atoms with E-state index in [4.69, 9.17) is 9.47 Å². The summed E-state index contributed by atoms with van der Waals surface area (Å²) >= 11 is 0. The normalized spacial score (nSPS) is 13.3. The molecule has 2 N–H and O–H groups in total. The first kappa shape index (κ1) is 14.0. The van der Waals surface area contributed by atoms with Gasteiger partial charge in [0.2, 0.25) is 0 Å². The lowest BCUT2D eigenvalue weighted by Crippen LogP contribution is -2.39. The summed E-state index contributed by atoms with van der Waals surface area (Å²) in [6.45, 7) is 1.96. The number of hydrogen-bond acceptors (Lipinski definition) is 4. The summed E-state index contributed by atoms with van der Waals surface area (Å²) in [4.78, 5) is 11.7. The van der Waals surface area contributed by atoms with Gasteiger partial charge in [0, 0.05) is 0 Å². The molecule has 0 saturated carbocycles. The van der Waals surface area contributed by atoms with Gasteiger partial charge in [0.15, 0.2) is 18.1 Å². The third kappa shape index (κ3) is 3.78. The van der Waals surface area contributed by atoms with Crippen LogP contribution in [0.4, 0.5) is 0 Å². The number of amides is 1. The van der Waals surface area contributed by atoms with Crippen LogP contribution >= 0.6 is 0 Å². The predicted molar refractivity (Wildman–Crippen MR) is 76.2 cm³/mol. The third-order valence-corrected chi connectivity index (χ3v) is 2.82. The Morgan fingerprint density at radius 2 is 2.05 bits per heavy atom. The summed E-state index contributed by atoms with van der Waals surface area (Å²) in [5.41, 5.74) is 7.59. The molecule has 1 amide bonds. The van der Waals surface area contributed by atoms with E-state index >= 15 is 0 Å². The first-order valence-corrected chi connectivity index (χ1v) is 6.37.